The van der Waals surface area contributed by atoms with Crippen LogP contribution in [0.2, 0.25) is 0 Å². The maximum Gasteiger partial charge on any atom is 0.371 e. The fraction of sp³-hybridized carbons (Fsp3) is 0.0417. The molecule has 4 aromatic rings. The Kier molecular flexibility index (Phi) is 4.91. The second kappa shape index (κ2) is 7.90. The number of hydrogen-bond acceptors (Lipinski definition) is 5. The average Bonchev–Trinajstić information content (AvgIpc) is 3.47. The van der Waals surface area contributed by atoms with Crippen molar-refractivity contribution < 1.29 is 23.9 Å². The molecule has 1 saturated heterocycles. The number of benzene rings is 2. The van der Waals surface area contributed by atoms with Crippen molar-refractivity contribution in [1.82, 2.24) is 4.57 Å². The van der Waals surface area contributed by atoms with Gasteiger partial charge in [-0.05, 0) is 48.2 Å². The molecule has 1 aliphatic heterocycles. The number of para-hydroxylation sites is 2. The Balaban J connectivity index is 1.51. The Hall–Kier alpha value is -4.04. The molecule has 1 aliphatic rings. The molecule has 3 heterocycles. The highest BCUT2D eigenvalue weighted by Gasteiger charge is 2.36. The predicted molar refractivity (Wildman–Crippen MR) is 122 cm³/mol. The number of fused-ring (bicyclic) bond motifs is 1. The molecule has 32 heavy (non-hydrogen) atoms. The monoisotopic (exact) mass is 444 g/mol. The summed E-state index contributed by atoms with van der Waals surface area (Å²) in [7, 11) is 0. The number of carbonyl (C=O) groups excluding carboxylic acids is 2. The number of aromatic carboxylic acids is 1. The number of hydrogen-bond donors (Lipinski definition) is 1. The number of aromatic nitrogens is 1. The van der Waals surface area contributed by atoms with Gasteiger partial charge in [0, 0.05) is 22.7 Å². The lowest BCUT2D eigenvalue weighted by Crippen LogP contribution is -2.27. The van der Waals surface area contributed by atoms with Gasteiger partial charge < -0.3 is 14.1 Å². The number of carboxylic acids is 1. The number of carbonyl (C=O) groups is 3. The summed E-state index contributed by atoms with van der Waals surface area (Å²) < 4.78 is 7.31. The topological polar surface area (TPSA) is 92.8 Å². The molecule has 158 valence electrons. The van der Waals surface area contributed by atoms with E-state index in [0.717, 1.165) is 28.2 Å². The van der Waals surface area contributed by atoms with E-state index in [9.17, 15) is 14.4 Å². The van der Waals surface area contributed by atoms with Gasteiger partial charge in [-0.2, -0.15) is 0 Å². The normalized spacial score (nSPS) is 15.2. The molecular weight excluding hydrogens is 428 g/mol. The number of nitrogens with zero attached hydrogens (tertiary/aromatic N) is 2. The van der Waals surface area contributed by atoms with E-state index in [1.807, 2.05) is 41.1 Å². The van der Waals surface area contributed by atoms with Gasteiger partial charge in [0.25, 0.3) is 11.1 Å². The Morgan fingerprint density at radius 2 is 1.75 bits per heavy atom. The molecule has 2 amide bonds. The van der Waals surface area contributed by atoms with Crippen LogP contribution < -0.4 is 4.90 Å². The number of furan rings is 1. The zero-order valence-corrected chi connectivity index (χ0v) is 17.4. The molecule has 0 atom stereocenters. The van der Waals surface area contributed by atoms with Crippen molar-refractivity contribution in [2.75, 3.05) is 4.90 Å². The second-order valence-corrected chi connectivity index (χ2v) is 8.15. The molecule has 0 radical (unpaired) electrons. The molecule has 8 heteroatoms. The zero-order valence-electron chi connectivity index (χ0n) is 16.6. The van der Waals surface area contributed by atoms with Crippen LogP contribution in [0.3, 0.4) is 0 Å². The first kappa shape index (κ1) is 19.9. The van der Waals surface area contributed by atoms with Crippen molar-refractivity contribution in [3.8, 4) is 0 Å². The minimum atomic E-state index is -1.12. The number of imide groups is 1. The third-order valence-electron chi connectivity index (χ3n) is 5.11. The molecule has 5 rings (SSSR count). The molecule has 0 spiro atoms. The molecule has 0 bridgehead atoms. The summed E-state index contributed by atoms with van der Waals surface area (Å²) in [5.41, 5.74) is 2.21. The molecule has 0 saturated carbocycles. The maximum atomic E-state index is 13.0. The van der Waals surface area contributed by atoms with Gasteiger partial charge in [-0.25, -0.2) is 9.69 Å². The number of rotatable bonds is 5. The summed E-state index contributed by atoms with van der Waals surface area (Å²) in [5.74, 6) is -1.10. The standard InChI is InChI=1S/C24H16N2O5S/c27-22-21(32-24(30)26(22)16-6-2-1-3-7-16)12-15-13-25(19-9-5-4-8-18(15)19)14-17-10-11-20(31-17)23(28)29/h1-13H,14H2,(H,28,29). The van der Waals surface area contributed by atoms with E-state index in [1.54, 1.807) is 36.4 Å². The fourth-order valence-electron chi connectivity index (χ4n) is 3.68. The molecule has 1 N–H and O–H groups in total. The maximum absolute atomic E-state index is 13.0. The van der Waals surface area contributed by atoms with Crippen molar-refractivity contribution in [1.29, 1.82) is 0 Å². The van der Waals surface area contributed by atoms with Gasteiger partial charge in [-0.1, -0.05) is 36.4 Å². The Bertz CT molecular complexity index is 1400. The highest BCUT2D eigenvalue weighted by molar-refractivity contribution is 8.19. The molecule has 7 nitrogen and oxygen atoms in total. The Morgan fingerprint density at radius 1 is 1.00 bits per heavy atom. The van der Waals surface area contributed by atoms with Crippen LogP contribution in [-0.2, 0) is 11.3 Å². The van der Waals surface area contributed by atoms with E-state index in [1.165, 1.54) is 11.0 Å². The molecule has 2 aromatic heterocycles. The van der Waals surface area contributed by atoms with Gasteiger partial charge in [-0.15, -0.1) is 0 Å². The van der Waals surface area contributed by atoms with E-state index in [0.29, 0.717) is 22.9 Å². The third kappa shape index (κ3) is 3.50. The fourth-order valence-corrected chi connectivity index (χ4v) is 4.51. The van der Waals surface area contributed by atoms with Crippen molar-refractivity contribution in [3.63, 3.8) is 0 Å². The lowest BCUT2D eigenvalue weighted by Gasteiger charge is -2.11. The van der Waals surface area contributed by atoms with Crippen LogP contribution in [0.15, 0.2) is 82.2 Å². The minimum absolute atomic E-state index is 0.119. The number of thioether (sulfide) groups is 1. The van der Waals surface area contributed by atoms with Gasteiger partial charge in [0.2, 0.25) is 5.76 Å². The van der Waals surface area contributed by atoms with Gasteiger partial charge in [0.15, 0.2) is 0 Å². The predicted octanol–water partition coefficient (Wildman–Crippen LogP) is 5.22. The first-order chi connectivity index (χ1) is 15.5. The molecule has 2 aromatic carbocycles. The summed E-state index contributed by atoms with van der Waals surface area (Å²) in [6.07, 6.45) is 3.58. The van der Waals surface area contributed by atoms with Crippen LogP contribution >= 0.6 is 11.8 Å². The van der Waals surface area contributed by atoms with Crippen molar-refractivity contribution in [2.24, 2.45) is 0 Å². The summed E-state index contributed by atoms with van der Waals surface area (Å²) in [6.45, 7) is 0.327. The van der Waals surface area contributed by atoms with Gasteiger partial charge in [0.1, 0.15) is 5.76 Å². The van der Waals surface area contributed by atoms with Crippen LogP contribution in [0.5, 0.6) is 0 Å². The van der Waals surface area contributed by atoms with Gasteiger partial charge in [-0.3, -0.25) is 9.59 Å². The lowest BCUT2D eigenvalue weighted by molar-refractivity contribution is -0.113. The molecule has 1 fully saturated rings. The van der Waals surface area contributed by atoms with Crippen LogP contribution in [-0.4, -0.2) is 26.8 Å². The molecule has 0 aliphatic carbocycles. The van der Waals surface area contributed by atoms with Crippen LogP contribution in [0.25, 0.3) is 17.0 Å². The zero-order chi connectivity index (χ0) is 22.2. The van der Waals surface area contributed by atoms with E-state index in [4.69, 9.17) is 9.52 Å². The average molecular weight is 444 g/mol. The quantitative estimate of drug-likeness (QED) is 0.424. The summed E-state index contributed by atoms with van der Waals surface area (Å²) in [6, 6.07) is 19.5. The van der Waals surface area contributed by atoms with E-state index >= 15 is 0 Å². The van der Waals surface area contributed by atoms with Crippen molar-refractivity contribution in [3.05, 3.63) is 94.9 Å². The molecule has 0 unspecified atom stereocenters. The number of amides is 2. The SMILES string of the molecule is O=C(O)c1ccc(Cn2cc(C=C3SC(=O)N(c4ccccc4)C3=O)c3ccccc32)o1. The van der Waals surface area contributed by atoms with Crippen LogP contribution in [0.4, 0.5) is 10.5 Å². The summed E-state index contributed by atoms with van der Waals surface area (Å²) >= 11 is 0.905. The summed E-state index contributed by atoms with van der Waals surface area (Å²) in [5, 5.41) is 9.64. The first-order valence-corrected chi connectivity index (χ1v) is 10.6. The Labute approximate surface area is 186 Å². The van der Waals surface area contributed by atoms with Crippen LogP contribution in [0.1, 0.15) is 21.9 Å². The second-order valence-electron chi connectivity index (χ2n) is 7.15. The van der Waals surface area contributed by atoms with E-state index in [2.05, 4.69) is 0 Å². The third-order valence-corrected chi connectivity index (χ3v) is 5.98. The smallest absolute Gasteiger partial charge is 0.371 e. The van der Waals surface area contributed by atoms with Crippen molar-refractivity contribution in [2.45, 2.75) is 6.54 Å². The highest BCUT2D eigenvalue weighted by atomic mass is 32.2. The van der Waals surface area contributed by atoms with Gasteiger partial charge >= 0.3 is 5.97 Å². The van der Waals surface area contributed by atoms with Crippen molar-refractivity contribution >= 4 is 51.5 Å². The number of carboxylic acid groups (broad SMARTS) is 1. The largest absolute Gasteiger partial charge is 0.475 e. The summed E-state index contributed by atoms with van der Waals surface area (Å²) in [4.78, 5) is 38.1. The van der Waals surface area contributed by atoms with E-state index < -0.39 is 5.97 Å². The highest BCUT2D eigenvalue weighted by Crippen LogP contribution is 2.37. The minimum Gasteiger partial charge on any atom is -0.475 e. The van der Waals surface area contributed by atoms with E-state index in [-0.39, 0.29) is 16.9 Å². The number of anilines is 1. The van der Waals surface area contributed by atoms with Gasteiger partial charge in [0.05, 0.1) is 17.1 Å². The Morgan fingerprint density at radius 3 is 2.50 bits per heavy atom. The van der Waals surface area contributed by atoms with Crippen LogP contribution in [0, 0.1) is 0 Å². The first-order valence-electron chi connectivity index (χ1n) is 9.74. The lowest BCUT2D eigenvalue weighted by atomic mass is 10.1. The molecular formula is C24H16N2O5S.